The molecule has 0 atom stereocenters. The lowest BCUT2D eigenvalue weighted by molar-refractivity contribution is -0.120. The van der Waals surface area contributed by atoms with E-state index < -0.39 is 0 Å². The van der Waals surface area contributed by atoms with E-state index >= 15 is 0 Å². The van der Waals surface area contributed by atoms with Crippen molar-refractivity contribution in [3.8, 4) is 5.69 Å². The average Bonchev–Trinajstić information content (AvgIpc) is 2.82. The smallest absolute Gasteiger partial charge is 0.219 e. The van der Waals surface area contributed by atoms with Crippen LogP contribution in [0, 0.1) is 6.92 Å². The lowest BCUT2D eigenvalue weighted by Crippen LogP contribution is -2.21. The molecule has 0 unspecified atom stereocenters. The maximum absolute atomic E-state index is 11.2. The summed E-state index contributed by atoms with van der Waals surface area (Å²) in [6.45, 7) is 4.38. The molecule has 4 nitrogen and oxygen atoms in total. The van der Waals surface area contributed by atoms with Crippen molar-refractivity contribution >= 4 is 5.91 Å². The summed E-state index contributed by atoms with van der Waals surface area (Å²) in [4.78, 5) is 15.4. The van der Waals surface area contributed by atoms with Gasteiger partial charge in [-0.15, -0.1) is 0 Å². The van der Waals surface area contributed by atoms with Gasteiger partial charge in [-0.2, -0.15) is 0 Å². The van der Waals surface area contributed by atoms with E-state index in [1.807, 2.05) is 42.8 Å². The molecule has 0 bridgehead atoms. The molecule has 18 heavy (non-hydrogen) atoms. The first kappa shape index (κ1) is 12.4. The number of hydrogen-bond donors (Lipinski definition) is 1. The van der Waals surface area contributed by atoms with E-state index in [1.54, 1.807) is 6.20 Å². The van der Waals surface area contributed by atoms with Crippen molar-refractivity contribution in [1.29, 1.82) is 0 Å². The van der Waals surface area contributed by atoms with E-state index in [1.165, 1.54) is 0 Å². The number of hydrogen-bond acceptors (Lipinski definition) is 2. The van der Waals surface area contributed by atoms with Crippen LogP contribution in [0.15, 0.2) is 36.7 Å². The molecule has 0 saturated carbocycles. The Kier molecular flexibility index (Phi) is 3.77. The van der Waals surface area contributed by atoms with Crippen molar-refractivity contribution in [2.45, 2.75) is 26.8 Å². The Labute approximate surface area is 107 Å². The second-order valence-electron chi connectivity index (χ2n) is 4.14. The van der Waals surface area contributed by atoms with Crippen LogP contribution >= 0.6 is 0 Å². The van der Waals surface area contributed by atoms with Gasteiger partial charge in [-0.1, -0.05) is 19.1 Å². The Hall–Kier alpha value is -2.10. The Morgan fingerprint density at radius 2 is 2.28 bits per heavy atom. The predicted molar refractivity (Wildman–Crippen MR) is 70.4 cm³/mol. The van der Waals surface area contributed by atoms with Gasteiger partial charge in [0.2, 0.25) is 5.91 Å². The number of carbonyl (C=O) groups is 1. The molecular weight excluding hydrogens is 226 g/mol. The molecule has 0 spiro atoms. The minimum Gasteiger partial charge on any atom is -0.352 e. The van der Waals surface area contributed by atoms with Crippen molar-refractivity contribution in [3.63, 3.8) is 0 Å². The summed E-state index contributed by atoms with van der Waals surface area (Å²) in [5.41, 5.74) is 2.15. The van der Waals surface area contributed by atoms with Crippen LogP contribution in [0.1, 0.15) is 24.7 Å². The third kappa shape index (κ3) is 2.77. The molecule has 0 fully saturated rings. The second-order valence-corrected chi connectivity index (χ2v) is 4.14. The van der Waals surface area contributed by atoms with Gasteiger partial charge in [0.1, 0.15) is 5.82 Å². The summed E-state index contributed by atoms with van der Waals surface area (Å²) < 4.78 is 2.02. The van der Waals surface area contributed by atoms with E-state index in [0.29, 0.717) is 13.0 Å². The molecule has 4 heteroatoms. The molecular formula is C14H17N3O. The summed E-state index contributed by atoms with van der Waals surface area (Å²) in [6, 6.07) is 8.08. The van der Waals surface area contributed by atoms with E-state index in [0.717, 1.165) is 17.1 Å². The standard InChI is InChI=1S/C14H17N3O/c1-3-14(18)16-10-12-5-4-6-13(9-12)17-8-7-15-11(17)2/h4-9H,3,10H2,1-2H3,(H,16,18). The van der Waals surface area contributed by atoms with Crippen molar-refractivity contribution in [2.24, 2.45) is 0 Å². The van der Waals surface area contributed by atoms with E-state index in [-0.39, 0.29) is 5.91 Å². The molecule has 1 heterocycles. The fraction of sp³-hybridized carbons (Fsp3) is 0.286. The van der Waals surface area contributed by atoms with Gasteiger partial charge in [0.15, 0.2) is 0 Å². The quantitative estimate of drug-likeness (QED) is 0.895. The van der Waals surface area contributed by atoms with Crippen LogP contribution in [0.3, 0.4) is 0 Å². The molecule has 0 aliphatic rings. The molecule has 0 radical (unpaired) electrons. The van der Waals surface area contributed by atoms with Crippen molar-refractivity contribution < 1.29 is 4.79 Å². The maximum atomic E-state index is 11.2. The minimum absolute atomic E-state index is 0.0687. The van der Waals surface area contributed by atoms with Crippen LogP contribution < -0.4 is 5.32 Å². The van der Waals surface area contributed by atoms with Gasteiger partial charge in [0.25, 0.3) is 0 Å². The highest BCUT2D eigenvalue weighted by Crippen LogP contribution is 2.12. The van der Waals surface area contributed by atoms with Crippen molar-refractivity contribution in [1.82, 2.24) is 14.9 Å². The molecule has 1 N–H and O–H groups in total. The molecule has 1 aromatic heterocycles. The van der Waals surface area contributed by atoms with Crippen LogP contribution in [-0.2, 0) is 11.3 Å². The molecule has 2 aromatic rings. The summed E-state index contributed by atoms with van der Waals surface area (Å²) in [5, 5.41) is 2.87. The average molecular weight is 243 g/mol. The lowest BCUT2D eigenvalue weighted by atomic mass is 10.2. The van der Waals surface area contributed by atoms with Gasteiger partial charge in [-0.3, -0.25) is 4.79 Å². The molecule has 0 aliphatic carbocycles. The number of nitrogens with zero attached hydrogens (tertiary/aromatic N) is 2. The number of rotatable bonds is 4. The number of imidazole rings is 1. The Bertz CT molecular complexity index is 545. The second kappa shape index (κ2) is 5.49. The number of aryl methyl sites for hydroxylation is 1. The third-order valence-corrected chi connectivity index (χ3v) is 2.83. The number of benzene rings is 1. The highest BCUT2D eigenvalue weighted by atomic mass is 16.1. The van der Waals surface area contributed by atoms with Crippen molar-refractivity contribution in [2.75, 3.05) is 0 Å². The van der Waals surface area contributed by atoms with E-state index in [4.69, 9.17) is 0 Å². The monoisotopic (exact) mass is 243 g/mol. The zero-order valence-corrected chi connectivity index (χ0v) is 10.7. The number of carbonyl (C=O) groups excluding carboxylic acids is 1. The molecule has 2 rings (SSSR count). The summed E-state index contributed by atoms with van der Waals surface area (Å²) in [7, 11) is 0. The fourth-order valence-corrected chi connectivity index (χ4v) is 1.79. The Morgan fingerprint density at radius 3 is 2.94 bits per heavy atom. The van der Waals surface area contributed by atoms with Gasteiger partial charge >= 0.3 is 0 Å². The van der Waals surface area contributed by atoms with Crippen LogP contribution in [0.4, 0.5) is 0 Å². The SMILES string of the molecule is CCC(=O)NCc1cccc(-n2ccnc2C)c1. The summed E-state index contributed by atoms with van der Waals surface area (Å²) in [5.74, 6) is 1.02. The van der Waals surface area contributed by atoms with E-state index in [9.17, 15) is 4.79 Å². The maximum Gasteiger partial charge on any atom is 0.219 e. The highest BCUT2D eigenvalue weighted by molar-refractivity contribution is 5.75. The van der Waals surface area contributed by atoms with Gasteiger partial charge in [0, 0.05) is 31.0 Å². The lowest BCUT2D eigenvalue weighted by Gasteiger charge is -2.08. The zero-order chi connectivity index (χ0) is 13.0. The largest absolute Gasteiger partial charge is 0.352 e. The molecule has 1 amide bonds. The Balaban J connectivity index is 2.15. The molecule has 1 aromatic carbocycles. The predicted octanol–water partition coefficient (Wildman–Crippen LogP) is 2.21. The normalized spacial score (nSPS) is 10.3. The third-order valence-electron chi connectivity index (χ3n) is 2.83. The Morgan fingerprint density at radius 1 is 1.44 bits per heavy atom. The summed E-state index contributed by atoms with van der Waals surface area (Å²) >= 11 is 0. The highest BCUT2D eigenvalue weighted by Gasteiger charge is 2.02. The van der Waals surface area contributed by atoms with Gasteiger partial charge < -0.3 is 9.88 Å². The number of amides is 1. The van der Waals surface area contributed by atoms with Crippen molar-refractivity contribution in [3.05, 3.63) is 48.0 Å². The van der Waals surface area contributed by atoms with Crippen LogP contribution in [-0.4, -0.2) is 15.5 Å². The van der Waals surface area contributed by atoms with Crippen LogP contribution in [0.25, 0.3) is 5.69 Å². The molecule has 0 saturated heterocycles. The first-order chi connectivity index (χ1) is 8.70. The number of aromatic nitrogens is 2. The minimum atomic E-state index is 0.0687. The van der Waals surface area contributed by atoms with Gasteiger partial charge in [-0.25, -0.2) is 4.98 Å². The molecule has 94 valence electrons. The topological polar surface area (TPSA) is 46.9 Å². The fourth-order valence-electron chi connectivity index (χ4n) is 1.79. The van der Waals surface area contributed by atoms with Gasteiger partial charge in [-0.05, 0) is 24.6 Å². The number of nitrogens with one attached hydrogen (secondary N) is 1. The van der Waals surface area contributed by atoms with Gasteiger partial charge in [0.05, 0.1) is 0 Å². The summed E-state index contributed by atoms with van der Waals surface area (Å²) in [6.07, 6.45) is 4.22. The first-order valence-electron chi connectivity index (χ1n) is 6.06. The molecule has 0 aliphatic heterocycles. The first-order valence-corrected chi connectivity index (χ1v) is 6.06. The van der Waals surface area contributed by atoms with Crippen LogP contribution in [0.2, 0.25) is 0 Å². The van der Waals surface area contributed by atoms with Crippen LogP contribution in [0.5, 0.6) is 0 Å². The zero-order valence-electron chi connectivity index (χ0n) is 10.7. The van der Waals surface area contributed by atoms with E-state index in [2.05, 4.69) is 16.4 Å².